The highest BCUT2D eigenvalue weighted by Crippen LogP contribution is 2.22. The molecule has 0 aliphatic heterocycles. The van der Waals surface area contributed by atoms with Crippen LogP contribution in [0.25, 0.3) is 6.08 Å². The fourth-order valence-electron chi connectivity index (χ4n) is 1.25. The fraction of sp³-hybridized carbons (Fsp3) is 0.250. The minimum absolute atomic E-state index is 0.347. The molecule has 3 heteroatoms. The van der Waals surface area contributed by atoms with Gasteiger partial charge in [-0.15, -0.1) is 0 Å². The molecule has 0 aliphatic rings. The molecule has 1 aromatic carbocycles. The van der Waals surface area contributed by atoms with E-state index in [1.165, 1.54) is 0 Å². The van der Waals surface area contributed by atoms with Gasteiger partial charge in [-0.1, -0.05) is 22.0 Å². The van der Waals surface area contributed by atoms with Gasteiger partial charge in [-0.25, -0.2) is 4.79 Å². The van der Waals surface area contributed by atoms with Crippen molar-refractivity contribution in [2.45, 2.75) is 20.8 Å². The molecule has 0 spiro atoms. The van der Waals surface area contributed by atoms with E-state index >= 15 is 0 Å². The first-order valence-corrected chi connectivity index (χ1v) is 5.39. The molecule has 1 rings (SSSR count). The standard InChI is InChI=1S/C12H13BrO2/c1-7-6-11(13)8(2)4-10(7)5-9(3)12(14)15/h4-6H,1-3H3,(H,14,15)/b9-5+. The number of aryl methyl sites for hydroxylation is 2. The molecule has 15 heavy (non-hydrogen) atoms. The summed E-state index contributed by atoms with van der Waals surface area (Å²) in [5.41, 5.74) is 3.47. The zero-order valence-electron chi connectivity index (χ0n) is 8.97. The summed E-state index contributed by atoms with van der Waals surface area (Å²) in [6.07, 6.45) is 1.69. The van der Waals surface area contributed by atoms with Crippen molar-refractivity contribution in [2.24, 2.45) is 0 Å². The third kappa shape index (κ3) is 2.93. The molecular weight excluding hydrogens is 256 g/mol. The molecule has 0 saturated heterocycles. The van der Waals surface area contributed by atoms with Crippen LogP contribution < -0.4 is 0 Å². The van der Waals surface area contributed by atoms with E-state index in [9.17, 15) is 4.79 Å². The predicted molar refractivity (Wildman–Crippen MR) is 64.9 cm³/mol. The highest BCUT2D eigenvalue weighted by atomic mass is 79.9. The average molecular weight is 269 g/mol. The number of carbonyl (C=O) groups is 1. The van der Waals surface area contributed by atoms with E-state index in [1.54, 1.807) is 13.0 Å². The molecule has 1 N–H and O–H groups in total. The highest BCUT2D eigenvalue weighted by Gasteiger charge is 2.04. The number of hydrogen-bond donors (Lipinski definition) is 1. The summed E-state index contributed by atoms with van der Waals surface area (Å²) >= 11 is 3.44. The van der Waals surface area contributed by atoms with Crippen molar-refractivity contribution < 1.29 is 9.90 Å². The summed E-state index contributed by atoms with van der Waals surface area (Å²) < 4.78 is 1.05. The van der Waals surface area contributed by atoms with Crippen LogP contribution >= 0.6 is 15.9 Å². The first-order valence-electron chi connectivity index (χ1n) is 4.60. The van der Waals surface area contributed by atoms with Crippen LogP contribution in [-0.2, 0) is 4.79 Å². The van der Waals surface area contributed by atoms with E-state index in [0.717, 1.165) is 21.2 Å². The maximum absolute atomic E-state index is 10.7. The second-order valence-corrected chi connectivity index (χ2v) is 4.44. The van der Waals surface area contributed by atoms with Gasteiger partial charge in [-0.05, 0) is 49.6 Å². The maximum Gasteiger partial charge on any atom is 0.331 e. The summed E-state index contributed by atoms with van der Waals surface area (Å²) in [5, 5.41) is 8.78. The molecule has 0 aliphatic carbocycles. The van der Waals surface area contributed by atoms with Crippen LogP contribution in [-0.4, -0.2) is 11.1 Å². The highest BCUT2D eigenvalue weighted by molar-refractivity contribution is 9.10. The number of hydrogen-bond acceptors (Lipinski definition) is 1. The topological polar surface area (TPSA) is 37.3 Å². The Balaban J connectivity index is 3.22. The second kappa shape index (κ2) is 4.62. The Morgan fingerprint density at radius 2 is 1.93 bits per heavy atom. The molecule has 2 nitrogen and oxygen atoms in total. The number of carboxylic acid groups (broad SMARTS) is 1. The van der Waals surface area contributed by atoms with Crippen LogP contribution in [0.5, 0.6) is 0 Å². The van der Waals surface area contributed by atoms with Gasteiger partial charge in [-0.3, -0.25) is 0 Å². The molecule has 80 valence electrons. The summed E-state index contributed by atoms with van der Waals surface area (Å²) in [6, 6.07) is 3.97. The molecular formula is C12H13BrO2. The lowest BCUT2D eigenvalue weighted by Gasteiger charge is -2.05. The number of aliphatic carboxylic acids is 1. The molecule has 0 heterocycles. The van der Waals surface area contributed by atoms with Gasteiger partial charge >= 0.3 is 5.97 Å². The zero-order chi connectivity index (χ0) is 11.6. The van der Waals surface area contributed by atoms with E-state index in [2.05, 4.69) is 15.9 Å². The van der Waals surface area contributed by atoms with Gasteiger partial charge < -0.3 is 5.11 Å². The predicted octanol–water partition coefficient (Wildman–Crippen LogP) is 3.55. The van der Waals surface area contributed by atoms with Gasteiger partial charge in [-0.2, -0.15) is 0 Å². The molecule has 0 fully saturated rings. The van der Waals surface area contributed by atoms with Gasteiger partial charge in [0.2, 0.25) is 0 Å². The van der Waals surface area contributed by atoms with Crippen molar-refractivity contribution in [3.8, 4) is 0 Å². The fourth-order valence-corrected chi connectivity index (χ4v) is 1.71. The molecule has 0 radical (unpaired) electrons. The molecule has 0 saturated carbocycles. The Bertz CT molecular complexity index is 433. The first kappa shape index (κ1) is 12.0. The summed E-state index contributed by atoms with van der Waals surface area (Å²) in [7, 11) is 0. The second-order valence-electron chi connectivity index (χ2n) is 3.59. The lowest BCUT2D eigenvalue weighted by Crippen LogP contribution is -1.96. The third-order valence-electron chi connectivity index (χ3n) is 2.26. The van der Waals surface area contributed by atoms with Gasteiger partial charge in [0.05, 0.1) is 0 Å². The van der Waals surface area contributed by atoms with Crippen molar-refractivity contribution in [3.63, 3.8) is 0 Å². The maximum atomic E-state index is 10.7. The van der Waals surface area contributed by atoms with Gasteiger partial charge in [0.25, 0.3) is 0 Å². The van der Waals surface area contributed by atoms with Crippen LogP contribution in [0.3, 0.4) is 0 Å². The van der Waals surface area contributed by atoms with E-state index < -0.39 is 5.97 Å². The Labute approximate surface area is 97.8 Å². The SMILES string of the molecule is C/C(=C\c1cc(C)c(Br)cc1C)C(=O)O. The molecule has 1 aromatic rings. The minimum atomic E-state index is -0.880. The van der Waals surface area contributed by atoms with Crippen LogP contribution in [0, 0.1) is 13.8 Å². The number of rotatable bonds is 2. The average Bonchev–Trinajstić information content (AvgIpc) is 2.13. The molecule has 0 bridgehead atoms. The number of benzene rings is 1. The van der Waals surface area contributed by atoms with E-state index in [4.69, 9.17) is 5.11 Å². The smallest absolute Gasteiger partial charge is 0.331 e. The van der Waals surface area contributed by atoms with Crippen LogP contribution in [0.4, 0.5) is 0 Å². The van der Waals surface area contributed by atoms with E-state index in [0.29, 0.717) is 5.57 Å². The van der Waals surface area contributed by atoms with Crippen molar-refractivity contribution in [1.29, 1.82) is 0 Å². The number of carboxylic acids is 1. The quantitative estimate of drug-likeness (QED) is 0.833. The van der Waals surface area contributed by atoms with Crippen molar-refractivity contribution in [3.05, 3.63) is 38.9 Å². The van der Waals surface area contributed by atoms with Crippen molar-refractivity contribution >= 4 is 28.0 Å². The Morgan fingerprint density at radius 3 is 2.47 bits per heavy atom. The summed E-state index contributed by atoms with van der Waals surface area (Å²) in [6.45, 7) is 5.54. The summed E-state index contributed by atoms with van der Waals surface area (Å²) in [5.74, 6) is -0.880. The van der Waals surface area contributed by atoms with Crippen molar-refractivity contribution in [1.82, 2.24) is 0 Å². The minimum Gasteiger partial charge on any atom is -0.478 e. The zero-order valence-corrected chi connectivity index (χ0v) is 10.6. The Hall–Kier alpha value is -1.09. The molecule has 0 aromatic heterocycles. The first-order chi connectivity index (χ1) is 6.91. The van der Waals surface area contributed by atoms with Crippen LogP contribution in [0.1, 0.15) is 23.6 Å². The van der Waals surface area contributed by atoms with Crippen LogP contribution in [0.2, 0.25) is 0 Å². The lowest BCUT2D eigenvalue weighted by molar-refractivity contribution is -0.132. The Morgan fingerprint density at radius 1 is 1.33 bits per heavy atom. The molecule has 0 amide bonds. The Kier molecular flexibility index (Phi) is 3.69. The lowest BCUT2D eigenvalue weighted by atomic mass is 10.0. The molecule has 0 unspecified atom stereocenters. The largest absolute Gasteiger partial charge is 0.478 e. The van der Waals surface area contributed by atoms with Gasteiger partial charge in [0.15, 0.2) is 0 Å². The van der Waals surface area contributed by atoms with E-state index in [1.807, 2.05) is 26.0 Å². The third-order valence-corrected chi connectivity index (χ3v) is 3.11. The van der Waals surface area contributed by atoms with Crippen LogP contribution in [0.15, 0.2) is 22.2 Å². The van der Waals surface area contributed by atoms with Gasteiger partial charge in [0.1, 0.15) is 0 Å². The molecule has 0 atom stereocenters. The number of halogens is 1. The van der Waals surface area contributed by atoms with E-state index in [-0.39, 0.29) is 0 Å². The van der Waals surface area contributed by atoms with Gasteiger partial charge in [0, 0.05) is 10.0 Å². The normalized spacial score (nSPS) is 11.6. The summed E-state index contributed by atoms with van der Waals surface area (Å²) in [4.78, 5) is 10.7. The van der Waals surface area contributed by atoms with Crippen molar-refractivity contribution in [2.75, 3.05) is 0 Å². The monoisotopic (exact) mass is 268 g/mol.